The van der Waals surface area contributed by atoms with Crippen LogP contribution in [0.4, 0.5) is 19.0 Å². The van der Waals surface area contributed by atoms with Gasteiger partial charge in [-0.15, -0.1) is 0 Å². The van der Waals surface area contributed by atoms with Gasteiger partial charge in [0.1, 0.15) is 5.82 Å². The van der Waals surface area contributed by atoms with Crippen molar-refractivity contribution in [3.05, 3.63) is 17.8 Å². The van der Waals surface area contributed by atoms with Gasteiger partial charge in [0.25, 0.3) is 0 Å². The van der Waals surface area contributed by atoms with Crippen LogP contribution in [0.25, 0.3) is 0 Å². The molecule has 4 nitrogen and oxygen atoms in total. The SMILES string of the molecule is CCNc1ncc(B2OC(C)(C)C(C)(C)O2)cc1C(F)(F)F. The zero-order valence-corrected chi connectivity index (χ0v) is 13.3. The van der Waals surface area contributed by atoms with Crippen LogP contribution >= 0.6 is 0 Å². The van der Waals surface area contributed by atoms with Gasteiger partial charge in [-0.2, -0.15) is 13.2 Å². The molecule has 2 rings (SSSR count). The molecule has 1 saturated heterocycles. The molecule has 1 fully saturated rings. The van der Waals surface area contributed by atoms with E-state index in [1.54, 1.807) is 6.92 Å². The summed E-state index contributed by atoms with van der Waals surface area (Å²) in [6, 6.07) is 1.03. The first-order valence-corrected chi connectivity index (χ1v) is 7.14. The van der Waals surface area contributed by atoms with Crippen LogP contribution in [-0.2, 0) is 15.5 Å². The molecule has 122 valence electrons. The van der Waals surface area contributed by atoms with Gasteiger partial charge in [0.05, 0.1) is 16.8 Å². The van der Waals surface area contributed by atoms with Crippen LogP contribution in [0.5, 0.6) is 0 Å². The Morgan fingerprint density at radius 1 is 1.18 bits per heavy atom. The van der Waals surface area contributed by atoms with Crippen molar-refractivity contribution in [2.45, 2.75) is 52.0 Å². The lowest BCUT2D eigenvalue weighted by atomic mass is 9.79. The maximum absolute atomic E-state index is 13.2. The largest absolute Gasteiger partial charge is 0.496 e. The first-order valence-electron chi connectivity index (χ1n) is 7.14. The fourth-order valence-corrected chi connectivity index (χ4v) is 2.11. The van der Waals surface area contributed by atoms with E-state index in [0.717, 1.165) is 6.07 Å². The number of nitrogens with one attached hydrogen (secondary N) is 1. The van der Waals surface area contributed by atoms with Crippen molar-refractivity contribution in [1.82, 2.24) is 4.98 Å². The summed E-state index contributed by atoms with van der Waals surface area (Å²) < 4.78 is 51.1. The smallest absolute Gasteiger partial charge is 0.399 e. The third-order valence-corrected chi connectivity index (χ3v) is 4.08. The van der Waals surface area contributed by atoms with Crippen LogP contribution in [0.2, 0.25) is 0 Å². The van der Waals surface area contributed by atoms with Crippen LogP contribution in [0, 0.1) is 0 Å². The Bertz CT molecular complexity index is 546. The Balaban J connectivity index is 2.38. The number of aromatic nitrogens is 1. The van der Waals surface area contributed by atoms with Gasteiger partial charge < -0.3 is 14.6 Å². The normalized spacial score (nSPS) is 20.3. The highest BCUT2D eigenvalue weighted by Gasteiger charge is 2.52. The first kappa shape index (κ1) is 17.1. The number of halogens is 3. The molecular formula is C14H20BF3N2O2. The lowest BCUT2D eigenvalue weighted by Gasteiger charge is -2.32. The predicted octanol–water partition coefficient (Wildman–Crippen LogP) is 2.83. The number of anilines is 1. The van der Waals surface area contributed by atoms with Gasteiger partial charge in [-0.25, -0.2) is 4.98 Å². The monoisotopic (exact) mass is 316 g/mol. The first-order chi connectivity index (χ1) is 9.98. The van der Waals surface area contributed by atoms with Crippen molar-refractivity contribution < 1.29 is 22.5 Å². The molecule has 1 aromatic rings. The number of pyridine rings is 1. The number of alkyl halides is 3. The molecule has 0 unspecified atom stereocenters. The molecule has 0 saturated carbocycles. The Morgan fingerprint density at radius 2 is 1.73 bits per heavy atom. The van der Waals surface area contributed by atoms with Gasteiger partial charge in [0.2, 0.25) is 0 Å². The van der Waals surface area contributed by atoms with Crippen molar-refractivity contribution in [3.8, 4) is 0 Å². The molecule has 1 aliphatic heterocycles. The highest BCUT2D eigenvalue weighted by molar-refractivity contribution is 6.62. The molecule has 0 aromatic carbocycles. The van der Waals surface area contributed by atoms with Crippen molar-refractivity contribution >= 4 is 18.4 Å². The van der Waals surface area contributed by atoms with Crippen LogP contribution in [-0.4, -0.2) is 29.8 Å². The van der Waals surface area contributed by atoms with Gasteiger partial charge in [0.15, 0.2) is 0 Å². The molecule has 0 radical (unpaired) electrons. The Labute approximate surface area is 128 Å². The molecule has 8 heteroatoms. The fourth-order valence-electron chi connectivity index (χ4n) is 2.11. The fraction of sp³-hybridized carbons (Fsp3) is 0.643. The third-order valence-electron chi connectivity index (χ3n) is 4.08. The number of nitrogens with zero attached hydrogens (tertiary/aromatic N) is 1. The van der Waals surface area contributed by atoms with Gasteiger partial charge in [-0.1, -0.05) is 0 Å². The van der Waals surface area contributed by atoms with E-state index in [1.807, 2.05) is 27.7 Å². The number of hydrogen-bond acceptors (Lipinski definition) is 4. The Hall–Kier alpha value is -1.28. The van der Waals surface area contributed by atoms with Crippen molar-refractivity contribution in [2.24, 2.45) is 0 Å². The lowest BCUT2D eigenvalue weighted by molar-refractivity contribution is -0.137. The summed E-state index contributed by atoms with van der Waals surface area (Å²) in [6.45, 7) is 9.45. The van der Waals surface area contributed by atoms with Crippen molar-refractivity contribution in [1.29, 1.82) is 0 Å². The molecule has 0 aliphatic carbocycles. The maximum Gasteiger partial charge on any atom is 0.496 e. The predicted molar refractivity (Wildman–Crippen MR) is 79.1 cm³/mol. The van der Waals surface area contributed by atoms with Gasteiger partial charge in [-0.3, -0.25) is 0 Å². The van der Waals surface area contributed by atoms with Crippen LogP contribution < -0.4 is 10.8 Å². The summed E-state index contributed by atoms with van der Waals surface area (Å²) in [6.07, 6.45) is -3.14. The van der Waals surface area contributed by atoms with E-state index in [1.165, 1.54) is 6.20 Å². The molecule has 22 heavy (non-hydrogen) atoms. The zero-order chi connectivity index (χ0) is 16.8. The minimum Gasteiger partial charge on any atom is -0.399 e. The zero-order valence-electron chi connectivity index (χ0n) is 13.3. The van der Waals surface area contributed by atoms with Gasteiger partial charge in [-0.05, 0) is 40.7 Å². The van der Waals surface area contributed by atoms with Gasteiger partial charge in [0, 0.05) is 18.2 Å². The van der Waals surface area contributed by atoms with E-state index in [-0.39, 0.29) is 11.3 Å². The molecule has 1 N–H and O–H groups in total. The Kier molecular flexibility index (Phi) is 4.21. The van der Waals surface area contributed by atoms with Crippen molar-refractivity contribution in [3.63, 3.8) is 0 Å². The molecule has 1 aliphatic rings. The second-order valence-corrected chi connectivity index (χ2v) is 6.28. The van der Waals surface area contributed by atoms with Crippen LogP contribution in [0.3, 0.4) is 0 Å². The molecule has 0 spiro atoms. The Morgan fingerprint density at radius 3 is 2.18 bits per heavy atom. The average molecular weight is 316 g/mol. The minimum atomic E-state index is -4.50. The van der Waals surface area contributed by atoms with Crippen LogP contribution in [0.1, 0.15) is 40.2 Å². The molecule has 1 aromatic heterocycles. The second kappa shape index (κ2) is 5.42. The van der Waals surface area contributed by atoms with E-state index in [0.29, 0.717) is 6.54 Å². The molecule has 0 bridgehead atoms. The van der Waals surface area contributed by atoms with E-state index in [9.17, 15) is 13.2 Å². The van der Waals surface area contributed by atoms with Gasteiger partial charge >= 0.3 is 13.3 Å². The third kappa shape index (κ3) is 3.08. The summed E-state index contributed by atoms with van der Waals surface area (Å²) in [5.41, 5.74) is -1.79. The molecule has 2 heterocycles. The van der Waals surface area contributed by atoms with E-state index >= 15 is 0 Å². The second-order valence-electron chi connectivity index (χ2n) is 6.28. The van der Waals surface area contributed by atoms with E-state index < -0.39 is 30.1 Å². The van der Waals surface area contributed by atoms with E-state index in [4.69, 9.17) is 9.31 Å². The highest BCUT2D eigenvalue weighted by atomic mass is 19.4. The van der Waals surface area contributed by atoms with Crippen molar-refractivity contribution in [2.75, 3.05) is 11.9 Å². The summed E-state index contributed by atoms with van der Waals surface area (Å²) in [5.74, 6) is -0.185. The summed E-state index contributed by atoms with van der Waals surface area (Å²) in [4.78, 5) is 3.88. The summed E-state index contributed by atoms with van der Waals surface area (Å²) >= 11 is 0. The standard InChI is InChI=1S/C14H20BF3N2O2/c1-6-19-11-10(14(16,17)18)7-9(8-20-11)15-21-12(2,3)13(4,5)22-15/h7-8H,6H2,1-5H3,(H,19,20). The lowest BCUT2D eigenvalue weighted by Crippen LogP contribution is -2.41. The van der Waals surface area contributed by atoms with E-state index in [2.05, 4.69) is 10.3 Å². The number of rotatable bonds is 3. The highest BCUT2D eigenvalue weighted by Crippen LogP contribution is 2.37. The quantitative estimate of drug-likeness (QED) is 0.871. The number of hydrogen-bond donors (Lipinski definition) is 1. The van der Waals surface area contributed by atoms with Crippen LogP contribution in [0.15, 0.2) is 12.3 Å². The topological polar surface area (TPSA) is 43.4 Å². The average Bonchev–Trinajstić information content (AvgIpc) is 2.58. The maximum atomic E-state index is 13.2. The summed E-state index contributed by atoms with van der Waals surface area (Å²) in [5, 5.41) is 2.62. The molecule has 0 amide bonds. The molecular weight excluding hydrogens is 296 g/mol. The minimum absolute atomic E-state index is 0.185. The molecule has 0 atom stereocenters. The summed E-state index contributed by atoms with van der Waals surface area (Å²) in [7, 11) is -0.866.